The number of amidine groups is 1. The number of halogens is 1. The standard InChI is InChI=1S/C25H24ClN9O6S.Cu/c1-13-10-18(21(36)20(11-13)42(37,38)39)33-35-22(16-7-5-4-6-14(16)2)34-32-17-9-8-15(12-19(17)41-40-3)28-25-30-23(26)29-24(27)31-25;/h4-12,33,36H,1-3H3,(H,37,38,39)(H3,27,28,29,30,31);. The first-order chi connectivity index (χ1) is 19.9. The van der Waals surface area contributed by atoms with Crippen LogP contribution in [0.25, 0.3) is 0 Å². The summed E-state index contributed by atoms with van der Waals surface area (Å²) in [5.41, 5.74) is 10.7. The summed E-state index contributed by atoms with van der Waals surface area (Å²) in [6.07, 6.45) is 0. The Balaban J connectivity index is 0.00000506. The minimum absolute atomic E-state index is 0. The first-order valence-corrected chi connectivity index (χ1v) is 13.7. The molecule has 0 fully saturated rings. The van der Waals surface area contributed by atoms with Crippen LogP contribution in [-0.4, -0.2) is 46.0 Å². The summed E-state index contributed by atoms with van der Waals surface area (Å²) in [6.45, 7) is 3.42. The number of hydrogen-bond donors (Lipinski definition) is 5. The fourth-order valence-electron chi connectivity index (χ4n) is 3.58. The largest absolute Gasteiger partial charge is 0.504 e. The van der Waals surface area contributed by atoms with Crippen LogP contribution >= 0.6 is 11.6 Å². The first-order valence-electron chi connectivity index (χ1n) is 11.9. The first kappa shape index (κ1) is 33.1. The molecule has 43 heavy (non-hydrogen) atoms. The van der Waals surface area contributed by atoms with Crippen molar-refractivity contribution in [2.45, 2.75) is 18.7 Å². The van der Waals surface area contributed by atoms with Gasteiger partial charge in [-0.2, -0.15) is 33.4 Å². The van der Waals surface area contributed by atoms with Crippen molar-refractivity contribution in [2.75, 3.05) is 23.6 Å². The molecule has 1 heterocycles. The van der Waals surface area contributed by atoms with Crippen LogP contribution in [0.4, 0.5) is 29.0 Å². The Morgan fingerprint density at radius 1 is 1.07 bits per heavy atom. The predicted octanol–water partition coefficient (Wildman–Crippen LogP) is 4.92. The molecule has 1 radical (unpaired) electrons. The van der Waals surface area contributed by atoms with Crippen LogP contribution in [0.5, 0.6) is 11.5 Å². The molecule has 0 aliphatic heterocycles. The molecule has 0 bridgehead atoms. The van der Waals surface area contributed by atoms with E-state index < -0.39 is 20.8 Å². The van der Waals surface area contributed by atoms with Crippen molar-refractivity contribution in [1.29, 1.82) is 0 Å². The van der Waals surface area contributed by atoms with Gasteiger partial charge in [0.1, 0.15) is 10.6 Å². The van der Waals surface area contributed by atoms with Crippen LogP contribution in [-0.2, 0) is 32.1 Å². The molecule has 4 aromatic rings. The number of phenols is 1. The maximum Gasteiger partial charge on any atom is 0.298 e. The van der Waals surface area contributed by atoms with Crippen LogP contribution < -0.4 is 21.4 Å². The Morgan fingerprint density at radius 2 is 1.81 bits per heavy atom. The van der Waals surface area contributed by atoms with Gasteiger partial charge in [-0.25, -0.2) is 0 Å². The van der Waals surface area contributed by atoms with Gasteiger partial charge in [0, 0.05) is 34.4 Å². The van der Waals surface area contributed by atoms with Crippen molar-refractivity contribution in [3.8, 4) is 11.5 Å². The molecule has 0 amide bonds. The Kier molecular flexibility index (Phi) is 10.9. The number of aryl methyl sites for hydroxylation is 2. The van der Waals surface area contributed by atoms with Gasteiger partial charge in [-0.05, 0) is 60.8 Å². The monoisotopic (exact) mass is 676 g/mol. The SMILES string of the molecule is COOc1cc(Nc2nc(N)nc(Cl)n2)ccc1N=NC(=NNc1cc(C)cc(S(=O)(=O)O)c1O)c1ccccc1C.[Cu]. The third-order valence-electron chi connectivity index (χ3n) is 5.43. The van der Waals surface area contributed by atoms with Crippen LogP contribution in [0.1, 0.15) is 16.7 Å². The van der Waals surface area contributed by atoms with Crippen molar-refractivity contribution in [2.24, 2.45) is 15.3 Å². The van der Waals surface area contributed by atoms with Crippen molar-refractivity contribution in [3.63, 3.8) is 0 Å². The number of aromatic hydroxyl groups is 1. The fourth-order valence-corrected chi connectivity index (χ4v) is 4.44. The summed E-state index contributed by atoms with van der Waals surface area (Å²) in [5.74, 6) is -0.454. The number of hydrogen-bond acceptors (Lipinski definition) is 13. The van der Waals surface area contributed by atoms with Crippen molar-refractivity contribution < 1.29 is 44.9 Å². The number of azo groups is 1. The Bertz CT molecular complexity index is 1790. The third-order valence-corrected chi connectivity index (χ3v) is 6.47. The number of anilines is 4. The van der Waals surface area contributed by atoms with E-state index in [4.69, 9.17) is 27.1 Å². The molecule has 0 aliphatic carbocycles. The number of hydrazone groups is 1. The molecular formula is C25H24ClCuN9O6S. The molecule has 229 valence electrons. The quantitative estimate of drug-likeness (QED) is 0.0233. The fraction of sp³-hybridized carbons (Fsp3) is 0.120. The smallest absolute Gasteiger partial charge is 0.298 e. The van der Waals surface area contributed by atoms with Crippen molar-refractivity contribution >= 4 is 56.5 Å². The Morgan fingerprint density at radius 3 is 2.49 bits per heavy atom. The summed E-state index contributed by atoms with van der Waals surface area (Å²) in [4.78, 5) is 21.1. The molecular weight excluding hydrogens is 653 g/mol. The second-order valence-electron chi connectivity index (χ2n) is 8.54. The zero-order valence-corrected chi connectivity index (χ0v) is 25.1. The maximum absolute atomic E-state index is 11.7. The van der Waals surface area contributed by atoms with Gasteiger partial charge in [-0.3, -0.25) is 9.98 Å². The van der Waals surface area contributed by atoms with Crippen LogP contribution in [0, 0.1) is 13.8 Å². The summed E-state index contributed by atoms with van der Waals surface area (Å²) in [7, 11) is -3.38. The molecule has 18 heteroatoms. The average molecular weight is 678 g/mol. The van der Waals surface area contributed by atoms with Gasteiger partial charge in [0.15, 0.2) is 11.5 Å². The zero-order chi connectivity index (χ0) is 30.4. The minimum Gasteiger partial charge on any atom is -0.504 e. The van der Waals surface area contributed by atoms with E-state index >= 15 is 0 Å². The number of nitrogens with two attached hydrogens (primary N) is 1. The van der Waals surface area contributed by atoms with Crippen LogP contribution in [0.3, 0.4) is 0 Å². The summed E-state index contributed by atoms with van der Waals surface area (Å²) in [5, 5.41) is 26.1. The molecule has 4 rings (SSSR count). The molecule has 0 saturated carbocycles. The topological polar surface area (TPSA) is 219 Å². The Labute approximate surface area is 261 Å². The van der Waals surface area contributed by atoms with Crippen LogP contribution in [0.15, 0.2) is 74.8 Å². The van der Waals surface area contributed by atoms with E-state index in [1.54, 1.807) is 31.2 Å². The van der Waals surface area contributed by atoms with Crippen molar-refractivity contribution in [3.05, 3.63) is 76.6 Å². The van der Waals surface area contributed by atoms with E-state index in [9.17, 15) is 18.1 Å². The second-order valence-corrected chi connectivity index (χ2v) is 10.3. The maximum atomic E-state index is 11.7. The predicted molar refractivity (Wildman–Crippen MR) is 155 cm³/mol. The molecule has 0 saturated heterocycles. The van der Waals surface area contributed by atoms with Gasteiger partial charge in [0.25, 0.3) is 10.1 Å². The third kappa shape index (κ3) is 8.57. The van der Waals surface area contributed by atoms with Gasteiger partial charge in [-0.15, -0.1) is 10.2 Å². The van der Waals surface area contributed by atoms with Gasteiger partial charge in [-0.1, -0.05) is 24.3 Å². The number of phenolic OH excluding ortho intramolecular Hbond substituents is 1. The van der Waals surface area contributed by atoms with E-state index in [1.165, 1.54) is 19.2 Å². The van der Waals surface area contributed by atoms with Crippen LogP contribution in [0.2, 0.25) is 5.28 Å². The zero-order valence-electron chi connectivity index (χ0n) is 22.6. The van der Waals surface area contributed by atoms with Gasteiger partial charge in [0.05, 0.1) is 12.8 Å². The molecule has 0 aliphatic rings. The van der Waals surface area contributed by atoms with Gasteiger partial charge >= 0.3 is 0 Å². The second kappa shape index (κ2) is 14.2. The number of rotatable bonds is 9. The summed E-state index contributed by atoms with van der Waals surface area (Å²) in [6, 6.07) is 14.5. The average Bonchev–Trinajstić information content (AvgIpc) is 2.91. The molecule has 0 unspecified atom stereocenters. The number of nitrogens with zero attached hydrogens (tertiary/aromatic N) is 6. The Hall–Kier alpha value is -4.38. The molecule has 0 spiro atoms. The normalized spacial score (nSPS) is 11.7. The van der Waals surface area contributed by atoms with Gasteiger partial charge < -0.3 is 21.0 Å². The molecule has 1 aromatic heterocycles. The molecule has 15 nitrogen and oxygen atoms in total. The van der Waals surface area contributed by atoms with E-state index in [1.807, 2.05) is 19.1 Å². The van der Waals surface area contributed by atoms with Gasteiger partial charge in [0.2, 0.25) is 23.0 Å². The summed E-state index contributed by atoms with van der Waals surface area (Å²) < 4.78 is 32.9. The summed E-state index contributed by atoms with van der Waals surface area (Å²) >= 11 is 5.84. The molecule has 3 aromatic carbocycles. The molecule has 6 N–H and O–H groups in total. The number of nitrogens with one attached hydrogen (secondary N) is 2. The number of nitrogen functional groups attached to an aromatic ring is 1. The van der Waals surface area contributed by atoms with E-state index in [0.717, 1.165) is 11.6 Å². The van der Waals surface area contributed by atoms with E-state index in [-0.39, 0.29) is 57.2 Å². The number of benzene rings is 3. The molecule has 0 atom stereocenters. The van der Waals surface area contributed by atoms with Crippen molar-refractivity contribution in [1.82, 2.24) is 15.0 Å². The van der Waals surface area contributed by atoms with E-state index in [0.29, 0.717) is 16.8 Å². The minimum atomic E-state index is -4.70. The number of aromatic nitrogens is 3. The van der Waals surface area contributed by atoms with E-state index in [2.05, 4.69) is 41.0 Å².